The smallest absolute Gasteiger partial charge is 0.187 e. The molecule has 0 unspecified atom stereocenters. The Labute approximate surface area is 192 Å². The lowest BCUT2D eigenvalue weighted by Gasteiger charge is -2.42. The van der Waals surface area contributed by atoms with Crippen molar-refractivity contribution < 1.29 is 79.9 Å². The fourth-order valence-corrected chi connectivity index (χ4v) is 3.49. The highest BCUT2D eigenvalue weighted by Crippen LogP contribution is 2.26. The second-order valence-electron chi connectivity index (χ2n) is 8.01. The molecule has 11 N–H and O–H groups in total. The third kappa shape index (κ3) is 6.44. The van der Waals surface area contributed by atoms with Crippen molar-refractivity contribution in [1.29, 1.82) is 0 Å². The monoisotopic (exact) mass is 504 g/mol. The van der Waals surface area contributed by atoms with Crippen molar-refractivity contribution in [1.82, 2.24) is 0 Å². The number of hydrogen-bond acceptors (Lipinski definition) is 16. The highest BCUT2D eigenvalue weighted by molar-refractivity contribution is 5.56. The minimum absolute atomic E-state index is 0.0664. The van der Waals surface area contributed by atoms with E-state index in [0.29, 0.717) is 0 Å². The summed E-state index contributed by atoms with van der Waals surface area (Å²) in [7, 11) is 0. The van der Waals surface area contributed by atoms with E-state index in [1.165, 1.54) is 0 Å². The molecule has 0 saturated carbocycles. The molecule has 0 amide bonds. The summed E-state index contributed by atoms with van der Waals surface area (Å²) >= 11 is 0. The number of hydrogen-bond donors (Lipinski definition) is 11. The molecular formula is C18H32O16. The number of aldehydes is 1. The molecule has 2 rings (SSSR count). The summed E-state index contributed by atoms with van der Waals surface area (Å²) in [6.07, 6.45) is -25.2. The summed E-state index contributed by atoms with van der Waals surface area (Å²) in [6.45, 7) is -2.38. The summed E-state index contributed by atoms with van der Waals surface area (Å²) in [5.41, 5.74) is 0. The highest BCUT2D eigenvalue weighted by atomic mass is 16.7. The predicted octanol–water partition coefficient (Wildman–Crippen LogP) is -7.73. The van der Waals surface area contributed by atoms with Gasteiger partial charge in [0.25, 0.3) is 0 Å². The van der Waals surface area contributed by atoms with Crippen LogP contribution in [0.25, 0.3) is 0 Å². The molecule has 2 aliphatic rings. The summed E-state index contributed by atoms with van der Waals surface area (Å²) < 4.78 is 20.4. The normalized spacial score (nSPS) is 42.6. The maximum Gasteiger partial charge on any atom is 0.187 e. The standard InChI is InChI=1S/C18H32O16/c19-1-5(22)16(34-18-15(30)13(28)11(26)8(3-21)33-18)9(24)6(23)4-31-17-14(29)12(27)10(25)7(2-20)32-17/h1,5-18,20-30H,2-4H2/t5-,6+,7+,8+,9+,10+,11+,12-,13-,14+,15+,16+,17-,18+/m0/s1. The maximum atomic E-state index is 11.1. The zero-order valence-electron chi connectivity index (χ0n) is 17.7. The van der Waals surface area contributed by atoms with Crippen LogP contribution in [0, 0.1) is 0 Å². The Hall–Kier alpha value is -0.930. The zero-order valence-corrected chi connectivity index (χ0v) is 17.7. The van der Waals surface area contributed by atoms with Crippen molar-refractivity contribution in [2.24, 2.45) is 0 Å². The lowest BCUT2D eigenvalue weighted by molar-refractivity contribution is -0.327. The zero-order chi connectivity index (χ0) is 25.7. The molecule has 0 radical (unpaired) electrons. The second-order valence-corrected chi connectivity index (χ2v) is 8.01. The van der Waals surface area contributed by atoms with Gasteiger partial charge in [-0.1, -0.05) is 0 Å². The van der Waals surface area contributed by atoms with Gasteiger partial charge in [0, 0.05) is 0 Å². The van der Waals surface area contributed by atoms with Crippen molar-refractivity contribution in [2.45, 2.75) is 85.8 Å². The number of carbonyl (C=O) groups is 1. The van der Waals surface area contributed by atoms with Gasteiger partial charge in [-0.05, 0) is 0 Å². The first-order chi connectivity index (χ1) is 16.0. The fourth-order valence-electron chi connectivity index (χ4n) is 3.49. The Morgan fingerprint density at radius 3 is 1.68 bits per heavy atom. The van der Waals surface area contributed by atoms with Gasteiger partial charge in [0.2, 0.25) is 0 Å². The van der Waals surface area contributed by atoms with Crippen LogP contribution in [0.5, 0.6) is 0 Å². The van der Waals surface area contributed by atoms with E-state index in [2.05, 4.69) is 0 Å². The molecule has 0 bridgehead atoms. The first kappa shape index (κ1) is 29.3. The molecule has 14 atom stereocenters. The van der Waals surface area contributed by atoms with Crippen molar-refractivity contribution >= 4 is 6.29 Å². The molecule has 2 saturated heterocycles. The summed E-state index contributed by atoms with van der Waals surface area (Å²) in [5, 5.41) is 108. The molecule has 0 aromatic carbocycles. The molecule has 2 aliphatic heterocycles. The number of aliphatic hydroxyl groups excluding tert-OH is 11. The average Bonchev–Trinajstić information content (AvgIpc) is 2.84. The Morgan fingerprint density at radius 2 is 1.21 bits per heavy atom. The quantitative estimate of drug-likeness (QED) is 0.117. The molecule has 16 heteroatoms. The van der Waals surface area contributed by atoms with Crippen molar-refractivity contribution in [3.8, 4) is 0 Å². The van der Waals surface area contributed by atoms with Gasteiger partial charge in [-0.3, -0.25) is 0 Å². The van der Waals surface area contributed by atoms with Crippen molar-refractivity contribution in [2.75, 3.05) is 19.8 Å². The predicted molar refractivity (Wildman–Crippen MR) is 102 cm³/mol. The Kier molecular flexibility index (Phi) is 11.1. The van der Waals surface area contributed by atoms with E-state index < -0.39 is 106 Å². The highest BCUT2D eigenvalue weighted by Gasteiger charge is 2.48. The lowest BCUT2D eigenvalue weighted by Crippen LogP contribution is -2.61. The van der Waals surface area contributed by atoms with Crippen LogP contribution >= 0.6 is 0 Å². The van der Waals surface area contributed by atoms with Gasteiger partial charge in [0.05, 0.1) is 19.8 Å². The van der Waals surface area contributed by atoms with E-state index in [1.807, 2.05) is 0 Å². The van der Waals surface area contributed by atoms with Crippen LogP contribution in [0.3, 0.4) is 0 Å². The van der Waals surface area contributed by atoms with E-state index in [4.69, 9.17) is 18.9 Å². The molecule has 34 heavy (non-hydrogen) atoms. The van der Waals surface area contributed by atoms with E-state index in [9.17, 15) is 61.0 Å². The van der Waals surface area contributed by atoms with E-state index in [-0.39, 0.29) is 6.29 Å². The van der Waals surface area contributed by atoms with Crippen LogP contribution in [0.2, 0.25) is 0 Å². The summed E-state index contributed by atoms with van der Waals surface area (Å²) in [4.78, 5) is 11.1. The number of rotatable bonds is 11. The Morgan fingerprint density at radius 1 is 0.735 bits per heavy atom. The average molecular weight is 504 g/mol. The van der Waals surface area contributed by atoms with E-state index in [1.54, 1.807) is 0 Å². The molecule has 0 aromatic rings. The van der Waals surface area contributed by atoms with Gasteiger partial charge in [-0.2, -0.15) is 0 Å². The molecule has 0 spiro atoms. The maximum absolute atomic E-state index is 11.1. The third-order valence-corrected chi connectivity index (χ3v) is 5.63. The summed E-state index contributed by atoms with van der Waals surface area (Å²) in [6, 6.07) is 0. The molecule has 0 aromatic heterocycles. The molecule has 2 fully saturated rings. The van der Waals surface area contributed by atoms with E-state index in [0.717, 1.165) is 0 Å². The fraction of sp³-hybridized carbons (Fsp3) is 0.944. The number of ether oxygens (including phenoxy) is 4. The second kappa shape index (κ2) is 12.9. The number of carbonyl (C=O) groups excluding carboxylic acids is 1. The Balaban J connectivity index is 2.05. The van der Waals surface area contributed by atoms with Crippen LogP contribution in [-0.4, -0.2) is 168 Å². The topological polar surface area (TPSA) is 277 Å². The Bertz CT molecular complexity index is 621. The molecule has 16 nitrogen and oxygen atoms in total. The van der Waals surface area contributed by atoms with Gasteiger partial charge in [-0.15, -0.1) is 0 Å². The van der Waals surface area contributed by atoms with Crippen LogP contribution in [0.4, 0.5) is 0 Å². The molecular weight excluding hydrogens is 472 g/mol. The van der Waals surface area contributed by atoms with Crippen LogP contribution in [0.1, 0.15) is 0 Å². The van der Waals surface area contributed by atoms with Crippen LogP contribution in [-0.2, 0) is 23.7 Å². The minimum Gasteiger partial charge on any atom is -0.394 e. The van der Waals surface area contributed by atoms with Crippen LogP contribution in [0.15, 0.2) is 0 Å². The van der Waals surface area contributed by atoms with Gasteiger partial charge in [-0.25, -0.2) is 0 Å². The lowest BCUT2D eigenvalue weighted by atomic mass is 9.98. The van der Waals surface area contributed by atoms with Gasteiger partial charge < -0.3 is 79.9 Å². The molecule has 200 valence electrons. The largest absolute Gasteiger partial charge is 0.394 e. The first-order valence-corrected chi connectivity index (χ1v) is 10.4. The minimum atomic E-state index is -2.11. The van der Waals surface area contributed by atoms with Gasteiger partial charge in [0.15, 0.2) is 18.9 Å². The first-order valence-electron chi connectivity index (χ1n) is 10.4. The third-order valence-electron chi connectivity index (χ3n) is 5.63. The van der Waals surface area contributed by atoms with Gasteiger partial charge >= 0.3 is 0 Å². The van der Waals surface area contributed by atoms with E-state index >= 15 is 0 Å². The molecule has 0 aliphatic carbocycles. The van der Waals surface area contributed by atoms with Gasteiger partial charge in [0.1, 0.15) is 73.2 Å². The number of aliphatic hydroxyl groups is 11. The van der Waals surface area contributed by atoms with Crippen molar-refractivity contribution in [3.63, 3.8) is 0 Å². The summed E-state index contributed by atoms with van der Waals surface area (Å²) in [5.74, 6) is 0. The van der Waals surface area contributed by atoms with Crippen LogP contribution < -0.4 is 0 Å². The molecule has 2 heterocycles. The SMILES string of the molecule is O=C[C@H](O)[C@@H](O[C@H]1O[C@H](CO)[C@@H](O)[C@H](O)[C@H]1O)[C@H](O)[C@H](O)CO[C@H]1O[C@H](CO)[C@@H](O)[C@H](O)[C@H]1O. The van der Waals surface area contributed by atoms with Crippen molar-refractivity contribution in [3.05, 3.63) is 0 Å².